The van der Waals surface area contributed by atoms with Gasteiger partial charge in [-0.1, -0.05) is 84.0 Å². The van der Waals surface area contributed by atoms with Gasteiger partial charge in [0.15, 0.2) is 0 Å². The van der Waals surface area contributed by atoms with E-state index in [-0.39, 0.29) is 0 Å². The lowest BCUT2D eigenvalue weighted by atomic mass is 10.1. The summed E-state index contributed by atoms with van der Waals surface area (Å²) in [6, 6.07) is 10.7. The van der Waals surface area contributed by atoms with Crippen LogP contribution in [0.4, 0.5) is 0 Å². The Bertz CT molecular complexity index is 504. The molecule has 0 heterocycles. The molecule has 0 nitrogen and oxygen atoms in total. The largest absolute Gasteiger partial charge is 0.145 e. The third-order valence-electron chi connectivity index (χ3n) is 5.00. The van der Waals surface area contributed by atoms with Gasteiger partial charge in [-0.3, -0.25) is 0 Å². The minimum absolute atomic E-state index is 0.720. The predicted molar refractivity (Wildman–Crippen MR) is 107 cm³/mol. The molecule has 0 radical (unpaired) electrons. The number of hydrogen-bond acceptors (Lipinski definition) is 0. The number of benzene rings is 1. The second-order valence-electron chi connectivity index (χ2n) is 7.40. The lowest BCUT2D eigenvalue weighted by molar-refractivity contribution is 0.838. The van der Waals surface area contributed by atoms with Crippen LogP contribution < -0.4 is 0 Å². The van der Waals surface area contributed by atoms with E-state index in [4.69, 9.17) is 0 Å². The van der Waals surface area contributed by atoms with Crippen molar-refractivity contribution in [1.29, 1.82) is 0 Å². The summed E-state index contributed by atoms with van der Waals surface area (Å²) in [4.78, 5) is 0. The Balaban J connectivity index is 2.56. The second kappa shape index (κ2) is 9.78. The van der Waals surface area contributed by atoms with Crippen molar-refractivity contribution in [3.8, 4) is 11.5 Å². The van der Waals surface area contributed by atoms with E-state index in [1.54, 1.807) is 0 Å². The van der Waals surface area contributed by atoms with Gasteiger partial charge in [-0.2, -0.15) is 0 Å². The first-order valence-electron chi connectivity index (χ1n) is 9.10. The molecular formula is C22H34Si. The van der Waals surface area contributed by atoms with Crippen LogP contribution in [-0.4, -0.2) is 8.07 Å². The van der Waals surface area contributed by atoms with Crippen molar-refractivity contribution < 1.29 is 0 Å². The molecule has 1 rings (SSSR count). The maximum absolute atomic E-state index is 3.78. The van der Waals surface area contributed by atoms with Crippen LogP contribution in [0.3, 0.4) is 0 Å². The van der Waals surface area contributed by atoms with Crippen LogP contribution in [0.2, 0.25) is 16.6 Å². The Kier molecular flexibility index (Phi) is 8.41. The SMILES string of the molecule is CC(C)[Si](C#CC/C=C\CCc1ccccc1)(C(C)C)C(C)C. The van der Waals surface area contributed by atoms with Crippen molar-refractivity contribution >= 4 is 8.07 Å². The number of rotatable bonds is 7. The van der Waals surface area contributed by atoms with E-state index in [9.17, 15) is 0 Å². The summed E-state index contributed by atoms with van der Waals surface area (Å²) in [6.45, 7) is 14.2. The van der Waals surface area contributed by atoms with Gasteiger partial charge in [-0.05, 0) is 35.0 Å². The molecule has 0 aliphatic heterocycles. The highest BCUT2D eigenvalue weighted by Gasteiger charge is 2.41. The summed E-state index contributed by atoms with van der Waals surface area (Å²) >= 11 is 0. The first-order chi connectivity index (χ1) is 10.9. The Hall–Kier alpha value is -1.26. The fraction of sp³-hybridized carbons (Fsp3) is 0.545. The van der Waals surface area contributed by atoms with Gasteiger partial charge in [0.05, 0.1) is 0 Å². The molecule has 0 fully saturated rings. The zero-order valence-electron chi connectivity index (χ0n) is 15.9. The summed E-state index contributed by atoms with van der Waals surface area (Å²) in [5, 5.41) is 0. The van der Waals surface area contributed by atoms with Gasteiger partial charge in [0.2, 0.25) is 0 Å². The topological polar surface area (TPSA) is 0 Å². The average Bonchev–Trinajstić information content (AvgIpc) is 2.50. The molecule has 0 aliphatic rings. The van der Waals surface area contributed by atoms with Gasteiger partial charge in [-0.15, -0.1) is 11.5 Å². The first-order valence-corrected chi connectivity index (χ1v) is 11.3. The van der Waals surface area contributed by atoms with Crippen molar-refractivity contribution in [2.75, 3.05) is 0 Å². The fourth-order valence-electron chi connectivity index (χ4n) is 3.79. The van der Waals surface area contributed by atoms with Crippen LogP contribution in [0.15, 0.2) is 42.5 Å². The summed E-state index contributed by atoms with van der Waals surface area (Å²) in [7, 11) is -1.54. The molecule has 1 aromatic rings. The van der Waals surface area contributed by atoms with Crippen LogP contribution in [0.5, 0.6) is 0 Å². The minimum Gasteiger partial charge on any atom is -0.130 e. The van der Waals surface area contributed by atoms with Crippen LogP contribution in [-0.2, 0) is 6.42 Å². The van der Waals surface area contributed by atoms with Crippen LogP contribution >= 0.6 is 0 Å². The van der Waals surface area contributed by atoms with Gasteiger partial charge >= 0.3 is 0 Å². The van der Waals surface area contributed by atoms with E-state index >= 15 is 0 Å². The molecule has 0 amide bonds. The van der Waals surface area contributed by atoms with Crippen molar-refractivity contribution in [2.45, 2.75) is 77.4 Å². The van der Waals surface area contributed by atoms with E-state index in [0.717, 1.165) is 35.9 Å². The Morgan fingerprint density at radius 3 is 1.96 bits per heavy atom. The monoisotopic (exact) mass is 326 g/mol. The van der Waals surface area contributed by atoms with E-state index in [1.807, 2.05) is 0 Å². The molecule has 0 spiro atoms. The van der Waals surface area contributed by atoms with Crippen molar-refractivity contribution in [3.63, 3.8) is 0 Å². The predicted octanol–water partition coefficient (Wildman–Crippen LogP) is 6.79. The standard InChI is InChI=1S/C22H34Si/c1-19(2)23(20(3)4,21(5)6)18-14-9-7-8-11-15-22-16-12-10-13-17-22/h7-8,10,12-13,16-17,19-21H,9,11,15H2,1-6H3/b8-7-. The summed E-state index contributed by atoms with van der Waals surface area (Å²) in [6.07, 6.45) is 7.65. The van der Waals surface area contributed by atoms with Crippen LogP contribution in [0.25, 0.3) is 0 Å². The molecular weight excluding hydrogens is 292 g/mol. The van der Waals surface area contributed by atoms with Gasteiger partial charge in [0.1, 0.15) is 8.07 Å². The lowest BCUT2D eigenvalue weighted by Gasteiger charge is -2.38. The van der Waals surface area contributed by atoms with Crippen molar-refractivity contribution in [1.82, 2.24) is 0 Å². The quantitative estimate of drug-likeness (QED) is 0.294. The van der Waals surface area contributed by atoms with Gasteiger partial charge in [0.25, 0.3) is 0 Å². The van der Waals surface area contributed by atoms with Crippen molar-refractivity contribution in [3.05, 3.63) is 48.0 Å². The maximum Gasteiger partial charge on any atom is 0.145 e. The fourth-order valence-corrected chi connectivity index (χ4v) is 9.07. The number of aryl methyl sites for hydroxylation is 1. The number of allylic oxidation sites excluding steroid dienone is 2. The first kappa shape index (κ1) is 19.8. The van der Waals surface area contributed by atoms with Crippen LogP contribution in [0.1, 0.15) is 59.9 Å². The smallest absolute Gasteiger partial charge is 0.130 e. The normalized spacial score (nSPS) is 12.2. The zero-order chi connectivity index (χ0) is 17.3. The van der Waals surface area contributed by atoms with E-state index in [0.29, 0.717) is 0 Å². The second-order valence-corrected chi connectivity index (χ2v) is 13.0. The molecule has 126 valence electrons. The van der Waals surface area contributed by atoms with Crippen molar-refractivity contribution in [2.24, 2.45) is 0 Å². The molecule has 0 N–H and O–H groups in total. The van der Waals surface area contributed by atoms with Crippen LogP contribution in [0, 0.1) is 11.5 Å². The molecule has 1 aromatic carbocycles. The Labute approximate surface area is 145 Å². The molecule has 0 bridgehead atoms. The molecule has 0 unspecified atom stereocenters. The Morgan fingerprint density at radius 1 is 0.870 bits per heavy atom. The molecule has 23 heavy (non-hydrogen) atoms. The molecule has 0 aromatic heterocycles. The van der Waals surface area contributed by atoms with Gasteiger partial charge < -0.3 is 0 Å². The highest BCUT2D eigenvalue weighted by Crippen LogP contribution is 2.40. The van der Waals surface area contributed by atoms with Gasteiger partial charge in [-0.25, -0.2) is 0 Å². The average molecular weight is 327 g/mol. The molecule has 0 aliphatic carbocycles. The number of hydrogen-bond donors (Lipinski definition) is 0. The third kappa shape index (κ3) is 5.70. The minimum atomic E-state index is -1.54. The highest BCUT2D eigenvalue weighted by molar-refractivity contribution is 6.90. The molecule has 1 heteroatoms. The van der Waals surface area contributed by atoms with E-state index < -0.39 is 8.07 Å². The van der Waals surface area contributed by atoms with E-state index in [2.05, 4.69) is 95.5 Å². The highest BCUT2D eigenvalue weighted by atomic mass is 28.3. The third-order valence-corrected chi connectivity index (χ3v) is 11.3. The lowest BCUT2D eigenvalue weighted by Crippen LogP contribution is -2.43. The molecule has 0 atom stereocenters. The summed E-state index contributed by atoms with van der Waals surface area (Å²) < 4.78 is 0. The molecule has 0 saturated carbocycles. The summed E-state index contributed by atoms with van der Waals surface area (Å²) in [5.74, 6) is 3.49. The Morgan fingerprint density at radius 2 is 1.43 bits per heavy atom. The maximum atomic E-state index is 3.78. The zero-order valence-corrected chi connectivity index (χ0v) is 16.9. The van der Waals surface area contributed by atoms with Gasteiger partial charge in [0, 0.05) is 6.42 Å². The van der Waals surface area contributed by atoms with E-state index in [1.165, 1.54) is 5.56 Å². The summed E-state index contributed by atoms with van der Waals surface area (Å²) in [5.41, 5.74) is 7.35. The molecule has 0 saturated heterocycles.